The minimum Gasteiger partial charge on any atom is -0.479 e. The molecular weight excluding hydrogens is 997 g/mol. The van der Waals surface area contributed by atoms with Crippen LogP contribution in [0.25, 0.3) is 0 Å². The van der Waals surface area contributed by atoms with Crippen LogP contribution >= 0.6 is 0 Å². The van der Waals surface area contributed by atoms with Crippen molar-refractivity contribution in [3.63, 3.8) is 0 Å². The Morgan fingerprint density at radius 1 is 0.430 bits per heavy atom. The summed E-state index contributed by atoms with van der Waals surface area (Å²) in [6.45, 7) is 5.71. The molecule has 0 radical (unpaired) electrons. The van der Waals surface area contributed by atoms with Gasteiger partial charge in [0, 0.05) is 19.3 Å². The molecule has 0 aromatic rings. The van der Waals surface area contributed by atoms with E-state index in [0.29, 0.717) is 19.3 Å². The SMILES string of the molecule is CC/C=C\C/C=C\C/C=C\C/C=C\CCCCCCCCC(=O)OCC(COC1OC(C(=O)O)C(O)C(O)C1OC(=O)CCCCC/C=C\C/C=C\C/C=C\CC)OC(=O)CCCCCCCCC/C=C\C/C=C\CCCCC. The maximum absolute atomic E-state index is 13.2. The molecule has 0 amide bonds. The Morgan fingerprint density at radius 2 is 0.797 bits per heavy atom. The van der Waals surface area contributed by atoms with Crippen molar-refractivity contribution in [1.29, 1.82) is 0 Å². The number of carbonyl (C=O) groups is 4. The summed E-state index contributed by atoms with van der Waals surface area (Å²) >= 11 is 0. The van der Waals surface area contributed by atoms with Crippen LogP contribution in [0.15, 0.2) is 109 Å². The van der Waals surface area contributed by atoms with E-state index >= 15 is 0 Å². The molecule has 0 bridgehead atoms. The van der Waals surface area contributed by atoms with Gasteiger partial charge in [-0.1, -0.05) is 207 Å². The summed E-state index contributed by atoms with van der Waals surface area (Å²) in [5.74, 6) is -3.19. The standard InChI is InChI=1S/C67H108O12/c1-4-7-10-13-16-19-22-25-27-29-30-32-33-36-38-41-44-47-50-53-59(68)75-56-58(77-60(69)54-51-48-45-42-40-37-34-31-28-26-23-20-17-14-11-8-5-2)57-76-67-65(63(72)62(71)64(79-67)66(73)74)78-61(70)55-52-49-46-43-39-35-24-21-18-15-12-9-6-3/h7,9-10,12,16-21,25-28,30,32,35,39,58,62-65,67,71-72H,4-6,8,11,13-15,22-24,29,31,33-34,36-38,40-57H2,1-3H3,(H,73,74)/b10-7-,12-9-,19-16-,20-17-,21-18-,27-25-,28-26-,32-30-,39-35-. The van der Waals surface area contributed by atoms with Crippen molar-refractivity contribution in [2.75, 3.05) is 13.2 Å². The number of ether oxygens (including phenoxy) is 5. The van der Waals surface area contributed by atoms with E-state index in [4.69, 9.17) is 23.7 Å². The van der Waals surface area contributed by atoms with Crippen molar-refractivity contribution in [3.05, 3.63) is 109 Å². The van der Waals surface area contributed by atoms with Crippen LogP contribution in [-0.4, -0.2) is 89.2 Å². The summed E-state index contributed by atoms with van der Waals surface area (Å²) in [4.78, 5) is 51.2. The maximum Gasteiger partial charge on any atom is 0.335 e. The van der Waals surface area contributed by atoms with Crippen molar-refractivity contribution in [2.45, 2.75) is 276 Å². The zero-order valence-electron chi connectivity index (χ0n) is 49.3. The molecule has 1 rings (SSSR count). The number of hydrogen-bond acceptors (Lipinski definition) is 11. The Labute approximate surface area is 478 Å². The highest BCUT2D eigenvalue weighted by atomic mass is 16.7. The van der Waals surface area contributed by atoms with Crippen molar-refractivity contribution in [2.24, 2.45) is 0 Å². The summed E-state index contributed by atoms with van der Waals surface area (Å²) in [5.41, 5.74) is 0. The van der Waals surface area contributed by atoms with Crippen LogP contribution in [0.4, 0.5) is 0 Å². The molecule has 0 spiro atoms. The van der Waals surface area contributed by atoms with Crippen LogP contribution in [0.1, 0.15) is 239 Å². The van der Waals surface area contributed by atoms with Crippen LogP contribution in [0, 0.1) is 0 Å². The van der Waals surface area contributed by atoms with E-state index in [0.717, 1.165) is 161 Å². The molecule has 448 valence electrons. The van der Waals surface area contributed by atoms with Gasteiger partial charge < -0.3 is 39.0 Å². The van der Waals surface area contributed by atoms with Gasteiger partial charge in [-0.05, 0) is 122 Å². The quantitative estimate of drug-likeness (QED) is 0.0228. The first-order valence-corrected chi connectivity index (χ1v) is 30.9. The van der Waals surface area contributed by atoms with Gasteiger partial charge >= 0.3 is 23.9 Å². The fraction of sp³-hybridized carbons (Fsp3) is 0.672. The van der Waals surface area contributed by atoms with Crippen molar-refractivity contribution in [1.82, 2.24) is 0 Å². The van der Waals surface area contributed by atoms with Gasteiger partial charge in [0.1, 0.15) is 18.8 Å². The number of hydrogen-bond donors (Lipinski definition) is 3. The molecule has 3 N–H and O–H groups in total. The highest BCUT2D eigenvalue weighted by Crippen LogP contribution is 2.26. The second kappa shape index (κ2) is 54.0. The van der Waals surface area contributed by atoms with E-state index in [1.807, 2.05) is 0 Å². The lowest BCUT2D eigenvalue weighted by molar-refractivity contribution is -0.301. The molecule has 12 heteroatoms. The molecule has 0 saturated carbocycles. The maximum atomic E-state index is 13.2. The normalized spacial score (nSPS) is 18.6. The zero-order chi connectivity index (χ0) is 57.5. The van der Waals surface area contributed by atoms with Gasteiger partial charge in [0.15, 0.2) is 24.6 Å². The number of rotatable bonds is 51. The molecule has 12 nitrogen and oxygen atoms in total. The van der Waals surface area contributed by atoms with Crippen LogP contribution in [0.3, 0.4) is 0 Å². The first-order valence-electron chi connectivity index (χ1n) is 30.9. The Kier molecular flexibility index (Phi) is 49.5. The predicted octanol–water partition coefficient (Wildman–Crippen LogP) is 16.2. The minimum atomic E-state index is -1.92. The molecule has 1 fully saturated rings. The Hall–Kier alpha value is -4.62. The van der Waals surface area contributed by atoms with Gasteiger partial charge in [-0.25, -0.2) is 4.79 Å². The fourth-order valence-corrected chi connectivity index (χ4v) is 8.64. The Morgan fingerprint density at radius 3 is 1.23 bits per heavy atom. The number of allylic oxidation sites excluding steroid dienone is 18. The van der Waals surface area contributed by atoms with Crippen LogP contribution < -0.4 is 0 Å². The van der Waals surface area contributed by atoms with Gasteiger partial charge in [-0.3, -0.25) is 14.4 Å². The van der Waals surface area contributed by atoms with E-state index in [1.54, 1.807) is 0 Å². The third kappa shape index (κ3) is 43.8. The summed E-state index contributed by atoms with van der Waals surface area (Å²) in [5, 5.41) is 31.5. The van der Waals surface area contributed by atoms with Crippen LogP contribution in [0.5, 0.6) is 0 Å². The van der Waals surface area contributed by atoms with Gasteiger partial charge in [0.25, 0.3) is 0 Å². The van der Waals surface area contributed by atoms with Gasteiger partial charge in [-0.15, -0.1) is 0 Å². The number of aliphatic carboxylic acids is 1. The monoisotopic (exact) mass is 1100 g/mol. The molecule has 6 atom stereocenters. The molecule has 1 aliphatic heterocycles. The number of aliphatic hydroxyl groups excluding tert-OH is 2. The first kappa shape index (κ1) is 72.4. The summed E-state index contributed by atoms with van der Waals surface area (Å²) in [6, 6.07) is 0. The van der Waals surface area contributed by atoms with Gasteiger partial charge in [0.2, 0.25) is 0 Å². The third-order valence-corrected chi connectivity index (χ3v) is 13.3. The summed E-state index contributed by atoms with van der Waals surface area (Å²) < 4.78 is 28.4. The van der Waals surface area contributed by atoms with E-state index in [1.165, 1.54) is 19.3 Å². The molecule has 6 unspecified atom stereocenters. The number of carboxylic acids is 1. The van der Waals surface area contributed by atoms with Crippen molar-refractivity contribution < 1.29 is 58.2 Å². The van der Waals surface area contributed by atoms with Crippen molar-refractivity contribution in [3.8, 4) is 0 Å². The second-order valence-corrected chi connectivity index (χ2v) is 20.6. The first-order chi connectivity index (χ1) is 38.6. The average Bonchev–Trinajstić information content (AvgIpc) is 3.44. The molecular formula is C67H108O12. The predicted molar refractivity (Wildman–Crippen MR) is 321 cm³/mol. The summed E-state index contributed by atoms with van der Waals surface area (Å²) in [7, 11) is 0. The van der Waals surface area contributed by atoms with Crippen LogP contribution in [-0.2, 0) is 42.9 Å². The van der Waals surface area contributed by atoms with Gasteiger partial charge in [0.05, 0.1) is 6.61 Å². The van der Waals surface area contributed by atoms with E-state index < -0.39 is 67.3 Å². The van der Waals surface area contributed by atoms with Crippen LogP contribution in [0.2, 0.25) is 0 Å². The number of aliphatic hydroxyl groups is 2. The van der Waals surface area contributed by atoms with E-state index in [2.05, 4.69) is 130 Å². The Bertz CT molecular complexity index is 1790. The summed E-state index contributed by atoms with van der Waals surface area (Å²) in [6.07, 6.45) is 60.5. The van der Waals surface area contributed by atoms with E-state index in [9.17, 15) is 34.5 Å². The molecule has 1 saturated heterocycles. The van der Waals surface area contributed by atoms with Gasteiger partial charge in [-0.2, -0.15) is 0 Å². The molecule has 0 aromatic carbocycles. The number of carboxylic acid groups (broad SMARTS) is 1. The topological polar surface area (TPSA) is 175 Å². The largest absolute Gasteiger partial charge is 0.479 e. The molecule has 1 heterocycles. The highest BCUT2D eigenvalue weighted by Gasteiger charge is 2.50. The second-order valence-electron chi connectivity index (χ2n) is 20.6. The number of esters is 3. The Balaban J connectivity index is 2.71. The molecule has 0 aliphatic carbocycles. The molecule has 1 aliphatic rings. The fourth-order valence-electron chi connectivity index (χ4n) is 8.64. The smallest absolute Gasteiger partial charge is 0.335 e. The van der Waals surface area contributed by atoms with E-state index in [-0.39, 0.29) is 25.9 Å². The minimum absolute atomic E-state index is 0.0180. The lowest BCUT2D eigenvalue weighted by Crippen LogP contribution is -2.61. The lowest BCUT2D eigenvalue weighted by Gasteiger charge is -2.40. The highest BCUT2D eigenvalue weighted by molar-refractivity contribution is 5.74. The van der Waals surface area contributed by atoms with Crippen molar-refractivity contribution >= 4 is 23.9 Å². The lowest BCUT2D eigenvalue weighted by atomic mass is 9.98. The zero-order valence-corrected chi connectivity index (χ0v) is 49.3. The molecule has 79 heavy (non-hydrogen) atoms. The third-order valence-electron chi connectivity index (χ3n) is 13.3. The molecule has 0 aromatic heterocycles. The number of unbranched alkanes of at least 4 members (excludes halogenated alkanes) is 19. The number of carbonyl (C=O) groups excluding carboxylic acids is 3. The average molecular weight is 1110 g/mol.